The normalized spacial score (nSPS) is 11.7. The van der Waals surface area contributed by atoms with Crippen LogP contribution < -0.4 is 0 Å². The minimum absolute atomic E-state index is 0. The fourth-order valence-electron chi connectivity index (χ4n) is 6.31. The quantitative estimate of drug-likeness (QED) is 0.0865. The monoisotopic (exact) mass is 826 g/mol. The molecule has 5 aromatic rings. The number of nitrogens with zero attached hydrogens (tertiary/aromatic N) is 2. The molecule has 1 N–H and O–H groups in total. The summed E-state index contributed by atoms with van der Waals surface area (Å²) in [6.07, 6.45) is 6.78. The molecule has 0 spiro atoms. The first-order valence-corrected chi connectivity index (χ1v) is 17.6. The van der Waals surface area contributed by atoms with Crippen LogP contribution in [0.15, 0.2) is 66.6 Å². The van der Waals surface area contributed by atoms with Crippen molar-refractivity contribution >= 4 is 38.1 Å². The Balaban J connectivity index is 0.000000322. The van der Waals surface area contributed by atoms with Crippen molar-refractivity contribution in [3.63, 3.8) is 0 Å². The summed E-state index contributed by atoms with van der Waals surface area (Å²) < 4.78 is 1.12. The van der Waals surface area contributed by atoms with Crippen molar-refractivity contribution in [3.05, 3.63) is 94.9 Å². The fourth-order valence-corrected chi connectivity index (χ4v) is 7.55. The van der Waals surface area contributed by atoms with E-state index in [9.17, 15) is 9.90 Å². The number of ketones is 1. The van der Waals surface area contributed by atoms with E-state index in [-0.39, 0.29) is 43.5 Å². The third kappa shape index (κ3) is 8.84. The second-order valence-electron chi connectivity index (χ2n) is 12.6. The fraction of sp³-hybridized carbons (Fsp3) is 0.390. The van der Waals surface area contributed by atoms with Crippen LogP contribution in [0.4, 0.5) is 0 Å². The largest absolute Gasteiger partial charge is 0.512 e. The van der Waals surface area contributed by atoms with E-state index >= 15 is 0 Å². The minimum atomic E-state index is 0. The van der Waals surface area contributed by atoms with Crippen LogP contribution in [-0.4, -0.2) is 20.9 Å². The number of aliphatic hydroxyl groups is 1. The van der Waals surface area contributed by atoms with Gasteiger partial charge in [0.1, 0.15) is 5.01 Å². The Morgan fingerprint density at radius 1 is 0.915 bits per heavy atom. The van der Waals surface area contributed by atoms with Gasteiger partial charge in [-0.05, 0) is 69.6 Å². The summed E-state index contributed by atoms with van der Waals surface area (Å²) in [4.78, 5) is 21.5. The van der Waals surface area contributed by atoms with Crippen LogP contribution in [0.25, 0.3) is 42.8 Å². The van der Waals surface area contributed by atoms with Gasteiger partial charge >= 0.3 is 0 Å². The van der Waals surface area contributed by atoms with Crippen molar-refractivity contribution in [2.24, 2.45) is 11.8 Å². The Kier molecular flexibility index (Phi) is 14.1. The van der Waals surface area contributed by atoms with Crippen molar-refractivity contribution in [3.8, 4) is 21.8 Å². The van der Waals surface area contributed by atoms with Gasteiger partial charge in [-0.15, -0.1) is 40.5 Å². The second-order valence-corrected chi connectivity index (χ2v) is 13.6. The number of allylic oxidation sites excluding steroid dienone is 2. The van der Waals surface area contributed by atoms with E-state index in [0.29, 0.717) is 5.92 Å². The van der Waals surface area contributed by atoms with E-state index in [2.05, 4.69) is 83.1 Å². The molecule has 2 aromatic heterocycles. The van der Waals surface area contributed by atoms with Gasteiger partial charge in [0.15, 0.2) is 5.78 Å². The van der Waals surface area contributed by atoms with Crippen LogP contribution in [0.1, 0.15) is 95.4 Å². The number of fused-ring (bicyclic) bond motifs is 2. The van der Waals surface area contributed by atoms with E-state index in [0.717, 1.165) is 57.6 Å². The standard InChI is InChI=1S/C28H25N2S.C13H24O2.Ir/c1-16(2)23-15-21(14-20-8-6-7-9-22(20)23)26-27-24(10-11-29-26)30-28(31-27)25-18(4)12-17(3)13-19(25)5;1-5-10(6-2)12(14)9-13(15)11(7-3)8-4;/h6-13,15-16H,1-5H3;9-11,14H,5-8H2,1-4H3;/q-1;;/b;12-9-;. The molecule has 5 rings (SSSR count). The summed E-state index contributed by atoms with van der Waals surface area (Å²) in [5.41, 5.74) is 9.40. The molecule has 0 saturated carbocycles. The third-order valence-electron chi connectivity index (χ3n) is 8.96. The molecule has 0 unspecified atom stereocenters. The maximum Gasteiger partial charge on any atom is 0.162 e. The van der Waals surface area contributed by atoms with Crippen LogP contribution >= 0.6 is 11.3 Å². The molecule has 1 radical (unpaired) electrons. The molecule has 251 valence electrons. The number of aromatic nitrogens is 2. The summed E-state index contributed by atoms with van der Waals surface area (Å²) in [6, 6.07) is 20.9. The summed E-state index contributed by atoms with van der Waals surface area (Å²) in [5, 5.41) is 13.2. The number of hydrogen-bond donors (Lipinski definition) is 1. The Labute approximate surface area is 299 Å². The van der Waals surface area contributed by atoms with Gasteiger partial charge in [0.05, 0.1) is 11.3 Å². The number of rotatable bonds is 10. The molecule has 0 fully saturated rings. The molecule has 4 nitrogen and oxygen atoms in total. The van der Waals surface area contributed by atoms with Gasteiger partial charge in [0.25, 0.3) is 0 Å². The van der Waals surface area contributed by atoms with Gasteiger partial charge in [-0.25, -0.2) is 4.98 Å². The van der Waals surface area contributed by atoms with E-state index < -0.39 is 0 Å². The minimum Gasteiger partial charge on any atom is -0.512 e. The SMILES string of the molecule is CCC(CC)C(=O)/C=C(\O)C(CC)CC.Cc1cc(C)c(-c2nc3ccnc(-c4[c-]c5ccccc5c(C(C)C)c4)c3s2)c(C)c1.[Ir]. The third-order valence-corrected chi connectivity index (χ3v) is 10.1. The van der Waals surface area contributed by atoms with Gasteiger partial charge in [-0.3, -0.25) is 9.78 Å². The van der Waals surface area contributed by atoms with Gasteiger partial charge < -0.3 is 5.11 Å². The van der Waals surface area contributed by atoms with E-state index in [1.807, 2.05) is 40.0 Å². The van der Waals surface area contributed by atoms with Crippen molar-refractivity contribution in [2.75, 3.05) is 0 Å². The summed E-state index contributed by atoms with van der Waals surface area (Å²) in [7, 11) is 0. The first-order chi connectivity index (χ1) is 22.0. The molecule has 0 saturated heterocycles. The molecular formula is C41H49IrN2O2S-. The van der Waals surface area contributed by atoms with Gasteiger partial charge in [-0.1, -0.05) is 88.4 Å². The zero-order valence-corrected chi connectivity index (χ0v) is 32.5. The maximum absolute atomic E-state index is 11.7. The van der Waals surface area contributed by atoms with Crippen LogP contribution in [-0.2, 0) is 24.9 Å². The topological polar surface area (TPSA) is 63.1 Å². The molecule has 0 amide bonds. The van der Waals surface area contributed by atoms with Crippen molar-refractivity contribution < 1.29 is 30.0 Å². The van der Waals surface area contributed by atoms with Crippen LogP contribution in [0.2, 0.25) is 0 Å². The molecule has 47 heavy (non-hydrogen) atoms. The van der Waals surface area contributed by atoms with Crippen LogP contribution in [0.5, 0.6) is 0 Å². The summed E-state index contributed by atoms with van der Waals surface area (Å²) in [5.74, 6) is 0.971. The first-order valence-electron chi connectivity index (χ1n) is 16.8. The molecule has 3 aromatic carbocycles. The molecule has 0 aliphatic carbocycles. The average molecular weight is 826 g/mol. The Morgan fingerprint density at radius 3 is 2.13 bits per heavy atom. The maximum atomic E-state index is 11.7. The number of carbonyl (C=O) groups excluding carboxylic acids is 1. The molecule has 2 heterocycles. The molecular weight excluding hydrogens is 777 g/mol. The summed E-state index contributed by atoms with van der Waals surface area (Å²) >= 11 is 1.73. The van der Waals surface area contributed by atoms with E-state index in [1.165, 1.54) is 39.3 Å². The van der Waals surface area contributed by atoms with Crippen LogP contribution in [0.3, 0.4) is 0 Å². The number of benzene rings is 3. The Hall–Kier alpha value is -3.18. The molecule has 0 atom stereocenters. The van der Waals surface area contributed by atoms with Gasteiger partial charge in [0.2, 0.25) is 0 Å². The first kappa shape index (κ1) is 38.3. The smallest absolute Gasteiger partial charge is 0.162 e. The zero-order chi connectivity index (χ0) is 33.5. The number of pyridine rings is 1. The predicted octanol–water partition coefficient (Wildman–Crippen LogP) is 11.9. The molecule has 0 bridgehead atoms. The van der Waals surface area contributed by atoms with Crippen molar-refractivity contribution in [2.45, 2.75) is 93.9 Å². The van der Waals surface area contributed by atoms with Gasteiger partial charge in [0, 0.05) is 60.2 Å². The summed E-state index contributed by atoms with van der Waals surface area (Å²) in [6.45, 7) is 19.0. The second kappa shape index (κ2) is 17.3. The van der Waals surface area contributed by atoms with E-state index in [4.69, 9.17) is 9.97 Å². The zero-order valence-electron chi connectivity index (χ0n) is 29.3. The number of aliphatic hydroxyl groups excluding tert-OH is 1. The predicted molar refractivity (Wildman–Crippen MR) is 197 cm³/mol. The number of carbonyl (C=O) groups is 1. The number of aryl methyl sites for hydroxylation is 3. The molecule has 0 aliphatic rings. The van der Waals surface area contributed by atoms with Crippen molar-refractivity contribution in [1.29, 1.82) is 0 Å². The number of hydrogen-bond acceptors (Lipinski definition) is 5. The van der Waals surface area contributed by atoms with Gasteiger partial charge in [-0.2, -0.15) is 0 Å². The van der Waals surface area contributed by atoms with Crippen LogP contribution in [0, 0.1) is 38.7 Å². The Morgan fingerprint density at radius 2 is 1.53 bits per heavy atom. The van der Waals surface area contributed by atoms with E-state index in [1.54, 1.807) is 11.3 Å². The Bertz CT molecular complexity index is 1820. The van der Waals surface area contributed by atoms with Crippen molar-refractivity contribution in [1.82, 2.24) is 9.97 Å². The number of thiazole rings is 1. The molecule has 0 aliphatic heterocycles. The average Bonchev–Trinajstić information content (AvgIpc) is 3.45. The molecule has 6 heteroatoms.